The van der Waals surface area contributed by atoms with E-state index in [1.807, 2.05) is 26.1 Å². The fourth-order valence-corrected chi connectivity index (χ4v) is 1.97. The van der Waals surface area contributed by atoms with E-state index in [2.05, 4.69) is 5.32 Å². The zero-order valence-corrected chi connectivity index (χ0v) is 10.9. The van der Waals surface area contributed by atoms with E-state index < -0.39 is 12.7 Å². The number of alkyl halides is 3. The van der Waals surface area contributed by atoms with Crippen molar-refractivity contribution >= 4 is 5.69 Å². The Kier molecular flexibility index (Phi) is 5.02. The van der Waals surface area contributed by atoms with Crippen LogP contribution in [0, 0.1) is 6.92 Å². The van der Waals surface area contributed by atoms with Crippen LogP contribution in [-0.2, 0) is 6.54 Å². The van der Waals surface area contributed by atoms with Crippen LogP contribution in [0.15, 0.2) is 18.2 Å². The molecular weight excluding hydrogens is 241 g/mol. The maximum atomic E-state index is 12.5. The molecular formula is C13H19F3N2. The van der Waals surface area contributed by atoms with E-state index >= 15 is 0 Å². The molecule has 0 aliphatic heterocycles. The summed E-state index contributed by atoms with van der Waals surface area (Å²) < 4.78 is 37.4. The monoisotopic (exact) mass is 260 g/mol. The molecule has 1 aromatic carbocycles. The van der Waals surface area contributed by atoms with Crippen molar-refractivity contribution in [1.29, 1.82) is 0 Å². The normalized spacial score (nSPS) is 11.7. The highest BCUT2D eigenvalue weighted by atomic mass is 19.4. The first kappa shape index (κ1) is 14.8. The number of anilines is 1. The highest BCUT2D eigenvalue weighted by Crippen LogP contribution is 2.25. The van der Waals surface area contributed by atoms with Gasteiger partial charge < -0.3 is 10.2 Å². The molecule has 102 valence electrons. The van der Waals surface area contributed by atoms with Crippen molar-refractivity contribution in [3.8, 4) is 0 Å². The van der Waals surface area contributed by atoms with Crippen molar-refractivity contribution in [2.24, 2.45) is 0 Å². The van der Waals surface area contributed by atoms with Gasteiger partial charge >= 0.3 is 6.18 Å². The van der Waals surface area contributed by atoms with Gasteiger partial charge in [-0.15, -0.1) is 0 Å². The van der Waals surface area contributed by atoms with Gasteiger partial charge in [0.1, 0.15) is 6.54 Å². The summed E-state index contributed by atoms with van der Waals surface area (Å²) in [4.78, 5) is 1.35. The van der Waals surface area contributed by atoms with Crippen LogP contribution in [0.5, 0.6) is 0 Å². The van der Waals surface area contributed by atoms with Gasteiger partial charge in [0.25, 0.3) is 0 Å². The molecule has 0 atom stereocenters. The van der Waals surface area contributed by atoms with Crippen molar-refractivity contribution in [3.05, 3.63) is 29.3 Å². The molecule has 5 heteroatoms. The van der Waals surface area contributed by atoms with Gasteiger partial charge in [-0.3, -0.25) is 0 Å². The molecule has 0 unspecified atom stereocenters. The van der Waals surface area contributed by atoms with Gasteiger partial charge in [-0.2, -0.15) is 13.2 Å². The Balaban J connectivity index is 2.93. The summed E-state index contributed by atoms with van der Waals surface area (Å²) in [5.74, 6) is 0. The van der Waals surface area contributed by atoms with Gasteiger partial charge in [0, 0.05) is 18.8 Å². The second-order valence-electron chi connectivity index (χ2n) is 4.28. The van der Waals surface area contributed by atoms with Crippen molar-refractivity contribution in [3.63, 3.8) is 0 Å². The van der Waals surface area contributed by atoms with Gasteiger partial charge in [0.2, 0.25) is 0 Å². The minimum atomic E-state index is -4.17. The second-order valence-corrected chi connectivity index (χ2v) is 4.28. The van der Waals surface area contributed by atoms with Crippen molar-refractivity contribution in [1.82, 2.24) is 5.32 Å². The van der Waals surface area contributed by atoms with Crippen LogP contribution in [0.1, 0.15) is 18.1 Å². The summed E-state index contributed by atoms with van der Waals surface area (Å²) >= 11 is 0. The number of benzene rings is 1. The number of hydrogen-bond donors (Lipinski definition) is 1. The average Bonchev–Trinajstić information content (AvgIpc) is 2.26. The van der Waals surface area contributed by atoms with Crippen molar-refractivity contribution < 1.29 is 13.2 Å². The minimum Gasteiger partial charge on any atom is -0.363 e. The Hall–Kier alpha value is -1.23. The van der Waals surface area contributed by atoms with E-state index in [1.165, 1.54) is 4.90 Å². The number of halogens is 3. The molecule has 0 bridgehead atoms. The van der Waals surface area contributed by atoms with Gasteiger partial charge in [0.05, 0.1) is 0 Å². The summed E-state index contributed by atoms with van der Waals surface area (Å²) in [6.07, 6.45) is -4.17. The first-order valence-corrected chi connectivity index (χ1v) is 5.93. The highest BCUT2D eigenvalue weighted by Gasteiger charge is 2.30. The van der Waals surface area contributed by atoms with Crippen LogP contribution in [0.2, 0.25) is 0 Å². The standard InChI is InChI=1S/C13H19F3N2/c1-4-18(9-13(14,15)16)12-6-5-11(8-17-3)7-10(12)2/h5-7,17H,4,8-9H2,1-3H3. The maximum absolute atomic E-state index is 12.5. The van der Waals surface area contributed by atoms with Gasteiger partial charge in [-0.1, -0.05) is 12.1 Å². The van der Waals surface area contributed by atoms with Crippen LogP contribution in [0.3, 0.4) is 0 Å². The SMILES string of the molecule is CCN(CC(F)(F)F)c1ccc(CNC)cc1C. The van der Waals surface area contributed by atoms with E-state index in [1.54, 1.807) is 13.0 Å². The summed E-state index contributed by atoms with van der Waals surface area (Å²) in [5, 5.41) is 3.02. The third-order valence-corrected chi connectivity index (χ3v) is 2.73. The Morgan fingerprint density at radius 2 is 1.94 bits per heavy atom. The number of hydrogen-bond acceptors (Lipinski definition) is 2. The molecule has 2 nitrogen and oxygen atoms in total. The topological polar surface area (TPSA) is 15.3 Å². The van der Waals surface area contributed by atoms with Crippen LogP contribution >= 0.6 is 0 Å². The molecule has 1 rings (SSSR count). The molecule has 0 aliphatic rings. The van der Waals surface area contributed by atoms with Crippen LogP contribution < -0.4 is 10.2 Å². The minimum absolute atomic E-state index is 0.339. The molecule has 0 aromatic heterocycles. The van der Waals surface area contributed by atoms with E-state index in [0.717, 1.165) is 11.1 Å². The van der Waals surface area contributed by atoms with Crippen LogP contribution in [-0.4, -0.2) is 26.3 Å². The Bertz CT molecular complexity index is 388. The van der Waals surface area contributed by atoms with Crippen molar-refractivity contribution in [2.45, 2.75) is 26.6 Å². The quantitative estimate of drug-likeness (QED) is 0.875. The Labute approximate surface area is 106 Å². The van der Waals surface area contributed by atoms with Crippen LogP contribution in [0.4, 0.5) is 18.9 Å². The third-order valence-electron chi connectivity index (χ3n) is 2.73. The molecule has 0 radical (unpaired) electrons. The zero-order valence-electron chi connectivity index (χ0n) is 10.9. The van der Waals surface area contributed by atoms with Crippen LogP contribution in [0.25, 0.3) is 0 Å². The smallest absolute Gasteiger partial charge is 0.363 e. The van der Waals surface area contributed by atoms with E-state index in [4.69, 9.17) is 0 Å². The molecule has 0 amide bonds. The highest BCUT2D eigenvalue weighted by molar-refractivity contribution is 5.54. The summed E-state index contributed by atoms with van der Waals surface area (Å²) in [6.45, 7) is 3.72. The molecule has 1 aromatic rings. The predicted octanol–water partition coefficient (Wildman–Crippen LogP) is 3.10. The Morgan fingerprint density at radius 1 is 1.28 bits per heavy atom. The van der Waals surface area contributed by atoms with E-state index in [9.17, 15) is 13.2 Å². The maximum Gasteiger partial charge on any atom is 0.405 e. The second kappa shape index (κ2) is 6.09. The third kappa shape index (κ3) is 4.22. The van der Waals surface area contributed by atoms with Gasteiger partial charge in [-0.25, -0.2) is 0 Å². The molecule has 0 saturated carbocycles. The number of nitrogens with one attached hydrogen (secondary N) is 1. The molecule has 1 N–H and O–H groups in total. The molecule has 18 heavy (non-hydrogen) atoms. The summed E-state index contributed by atoms with van der Waals surface area (Å²) in [7, 11) is 1.84. The summed E-state index contributed by atoms with van der Waals surface area (Å²) in [5.41, 5.74) is 2.59. The molecule has 0 fully saturated rings. The fourth-order valence-electron chi connectivity index (χ4n) is 1.97. The van der Waals surface area contributed by atoms with Gasteiger partial charge in [0.15, 0.2) is 0 Å². The van der Waals surface area contributed by atoms with E-state index in [-0.39, 0.29) is 0 Å². The van der Waals surface area contributed by atoms with E-state index in [0.29, 0.717) is 18.8 Å². The van der Waals surface area contributed by atoms with Gasteiger partial charge in [-0.05, 0) is 38.1 Å². The molecule has 0 spiro atoms. The fraction of sp³-hybridized carbons (Fsp3) is 0.538. The first-order chi connectivity index (χ1) is 8.37. The molecule has 0 aliphatic carbocycles. The number of rotatable bonds is 5. The first-order valence-electron chi connectivity index (χ1n) is 5.93. The molecule has 0 saturated heterocycles. The average molecular weight is 260 g/mol. The number of aryl methyl sites for hydroxylation is 1. The lowest BCUT2D eigenvalue weighted by Crippen LogP contribution is -2.34. The number of nitrogens with zero attached hydrogens (tertiary/aromatic N) is 1. The lowest BCUT2D eigenvalue weighted by atomic mass is 10.1. The predicted molar refractivity (Wildman–Crippen MR) is 67.9 cm³/mol. The van der Waals surface area contributed by atoms with Crippen molar-refractivity contribution in [2.75, 3.05) is 25.0 Å². The Morgan fingerprint density at radius 3 is 2.39 bits per heavy atom. The lowest BCUT2D eigenvalue weighted by Gasteiger charge is -2.26. The molecule has 0 heterocycles. The largest absolute Gasteiger partial charge is 0.405 e. The summed E-state index contributed by atoms with van der Waals surface area (Å²) in [6, 6.07) is 5.54. The zero-order chi connectivity index (χ0) is 13.8. The lowest BCUT2D eigenvalue weighted by molar-refractivity contribution is -0.119.